The molecule has 128 valence electrons. The van der Waals surface area contributed by atoms with Crippen molar-refractivity contribution >= 4 is 5.91 Å². The Morgan fingerprint density at radius 3 is 3.00 bits per heavy atom. The van der Waals surface area contributed by atoms with Crippen molar-refractivity contribution in [3.63, 3.8) is 0 Å². The predicted molar refractivity (Wildman–Crippen MR) is 92.8 cm³/mol. The van der Waals surface area contributed by atoms with Crippen LogP contribution < -0.4 is 10.6 Å². The number of aromatic nitrogens is 3. The van der Waals surface area contributed by atoms with Gasteiger partial charge in [-0.2, -0.15) is 5.10 Å². The summed E-state index contributed by atoms with van der Waals surface area (Å²) in [5.74, 6) is -0.0687. The molecule has 0 aliphatic carbocycles. The van der Waals surface area contributed by atoms with E-state index in [-0.39, 0.29) is 5.91 Å². The molecule has 1 aliphatic heterocycles. The fraction of sp³-hybridized carbons (Fsp3) is 0.500. The molecule has 0 atom stereocenters. The van der Waals surface area contributed by atoms with Gasteiger partial charge in [-0.25, -0.2) is 0 Å². The highest BCUT2D eigenvalue weighted by Crippen LogP contribution is 2.20. The predicted octanol–water partition coefficient (Wildman–Crippen LogP) is 1.88. The number of fused-ring (bicyclic) bond motifs is 1. The van der Waals surface area contributed by atoms with Gasteiger partial charge in [0.1, 0.15) is 0 Å². The van der Waals surface area contributed by atoms with Gasteiger partial charge in [0.15, 0.2) is 0 Å². The van der Waals surface area contributed by atoms with Crippen molar-refractivity contribution in [2.45, 2.75) is 53.2 Å². The number of hydrogen-bond acceptors (Lipinski definition) is 4. The van der Waals surface area contributed by atoms with E-state index >= 15 is 0 Å². The fourth-order valence-electron chi connectivity index (χ4n) is 3.25. The maximum atomic E-state index is 12.5. The zero-order chi connectivity index (χ0) is 17.1. The van der Waals surface area contributed by atoms with Gasteiger partial charge in [-0.15, -0.1) is 0 Å². The third-order valence-corrected chi connectivity index (χ3v) is 4.68. The molecule has 3 heterocycles. The third-order valence-electron chi connectivity index (χ3n) is 4.68. The van der Waals surface area contributed by atoms with E-state index in [2.05, 4.69) is 27.6 Å². The Kier molecular flexibility index (Phi) is 4.94. The van der Waals surface area contributed by atoms with Crippen molar-refractivity contribution in [1.29, 1.82) is 0 Å². The number of aryl methyl sites for hydroxylation is 2. The average Bonchev–Trinajstić information content (AvgIpc) is 2.95. The van der Waals surface area contributed by atoms with Crippen LogP contribution in [0.25, 0.3) is 0 Å². The van der Waals surface area contributed by atoms with E-state index in [0.717, 1.165) is 49.4 Å². The Bertz CT molecular complexity index is 750. The first kappa shape index (κ1) is 16.6. The topological polar surface area (TPSA) is 71.8 Å². The molecular weight excluding hydrogens is 302 g/mol. The van der Waals surface area contributed by atoms with Crippen molar-refractivity contribution in [2.75, 3.05) is 6.54 Å². The van der Waals surface area contributed by atoms with Crippen LogP contribution in [0.2, 0.25) is 0 Å². The van der Waals surface area contributed by atoms with E-state index in [1.807, 2.05) is 24.7 Å². The molecular formula is C18H25N5O. The van der Waals surface area contributed by atoms with Crippen LogP contribution in [0.4, 0.5) is 0 Å². The van der Waals surface area contributed by atoms with Gasteiger partial charge in [-0.3, -0.25) is 14.5 Å². The Morgan fingerprint density at radius 1 is 1.38 bits per heavy atom. The lowest BCUT2D eigenvalue weighted by Gasteiger charge is -2.21. The Morgan fingerprint density at radius 2 is 2.21 bits per heavy atom. The molecule has 0 fully saturated rings. The number of carbonyl (C=O) groups excluding carboxylic acids is 1. The minimum Gasteiger partial charge on any atom is -0.348 e. The van der Waals surface area contributed by atoms with Gasteiger partial charge in [-0.05, 0) is 49.9 Å². The average molecular weight is 327 g/mol. The van der Waals surface area contributed by atoms with E-state index in [0.29, 0.717) is 12.1 Å². The van der Waals surface area contributed by atoms with Crippen LogP contribution in [0, 0.1) is 13.8 Å². The summed E-state index contributed by atoms with van der Waals surface area (Å²) in [6.45, 7) is 9.23. The van der Waals surface area contributed by atoms with Crippen LogP contribution in [0.3, 0.4) is 0 Å². The number of nitrogens with zero attached hydrogens (tertiary/aromatic N) is 3. The molecule has 0 bridgehead atoms. The summed E-state index contributed by atoms with van der Waals surface area (Å²) in [6, 6.07) is 0. The first-order chi connectivity index (χ1) is 11.6. The maximum absolute atomic E-state index is 12.5. The monoisotopic (exact) mass is 327 g/mol. The molecule has 6 heteroatoms. The van der Waals surface area contributed by atoms with Gasteiger partial charge in [0, 0.05) is 37.2 Å². The summed E-state index contributed by atoms with van der Waals surface area (Å²) in [4.78, 5) is 17.0. The lowest BCUT2D eigenvalue weighted by molar-refractivity contribution is 0.0950. The Hall–Kier alpha value is -2.21. The quantitative estimate of drug-likeness (QED) is 0.879. The second-order valence-corrected chi connectivity index (χ2v) is 6.30. The fourth-order valence-corrected chi connectivity index (χ4v) is 3.25. The minimum atomic E-state index is -0.0687. The van der Waals surface area contributed by atoms with Gasteiger partial charge in [0.25, 0.3) is 5.91 Å². The van der Waals surface area contributed by atoms with Crippen molar-refractivity contribution in [2.24, 2.45) is 0 Å². The van der Waals surface area contributed by atoms with Crippen molar-refractivity contribution in [3.8, 4) is 0 Å². The summed E-state index contributed by atoms with van der Waals surface area (Å²) < 4.78 is 1.89. The van der Waals surface area contributed by atoms with Crippen LogP contribution in [0.1, 0.15) is 51.8 Å². The highest BCUT2D eigenvalue weighted by molar-refractivity contribution is 5.95. The summed E-state index contributed by atoms with van der Waals surface area (Å²) in [5.41, 5.74) is 6.29. The Labute approximate surface area is 142 Å². The Balaban J connectivity index is 1.75. The molecule has 0 aromatic carbocycles. The normalized spacial score (nSPS) is 13.6. The molecule has 24 heavy (non-hydrogen) atoms. The molecule has 1 aliphatic rings. The molecule has 0 radical (unpaired) electrons. The summed E-state index contributed by atoms with van der Waals surface area (Å²) in [7, 11) is 0. The second-order valence-electron chi connectivity index (χ2n) is 6.30. The third kappa shape index (κ3) is 3.19. The summed E-state index contributed by atoms with van der Waals surface area (Å²) in [6.07, 6.45) is 5.59. The van der Waals surface area contributed by atoms with Crippen LogP contribution in [-0.2, 0) is 26.1 Å². The molecule has 0 unspecified atom stereocenters. The first-order valence-corrected chi connectivity index (χ1v) is 8.59. The maximum Gasteiger partial charge on any atom is 0.255 e. The molecule has 2 aromatic heterocycles. The SMILES string of the molecule is CCCn1ncc(C(=O)NCc2c(C)ncc3c2CCNC3)c1C. The van der Waals surface area contributed by atoms with Gasteiger partial charge in [0.05, 0.1) is 11.8 Å². The van der Waals surface area contributed by atoms with Crippen molar-refractivity contribution in [3.05, 3.63) is 46.0 Å². The zero-order valence-corrected chi connectivity index (χ0v) is 14.6. The minimum absolute atomic E-state index is 0.0687. The highest BCUT2D eigenvalue weighted by atomic mass is 16.1. The molecule has 0 spiro atoms. The van der Waals surface area contributed by atoms with Gasteiger partial charge < -0.3 is 10.6 Å². The molecule has 2 aromatic rings. The summed E-state index contributed by atoms with van der Waals surface area (Å²) in [5, 5.41) is 10.7. The number of hydrogen-bond donors (Lipinski definition) is 2. The lowest BCUT2D eigenvalue weighted by Crippen LogP contribution is -2.29. The van der Waals surface area contributed by atoms with Crippen LogP contribution >= 0.6 is 0 Å². The van der Waals surface area contributed by atoms with Crippen molar-refractivity contribution in [1.82, 2.24) is 25.4 Å². The van der Waals surface area contributed by atoms with Gasteiger partial charge in [-0.1, -0.05) is 6.92 Å². The first-order valence-electron chi connectivity index (χ1n) is 8.59. The number of rotatable bonds is 5. The van der Waals surface area contributed by atoms with E-state index in [1.54, 1.807) is 6.20 Å². The molecule has 3 rings (SSSR count). The molecule has 0 saturated carbocycles. The largest absolute Gasteiger partial charge is 0.348 e. The van der Waals surface area contributed by atoms with Crippen LogP contribution in [0.5, 0.6) is 0 Å². The number of carbonyl (C=O) groups is 1. The second kappa shape index (κ2) is 7.13. The smallest absolute Gasteiger partial charge is 0.255 e. The number of amides is 1. The van der Waals surface area contributed by atoms with Crippen LogP contribution in [-0.4, -0.2) is 27.2 Å². The van der Waals surface area contributed by atoms with E-state index < -0.39 is 0 Å². The summed E-state index contributed by atoms with van der Waals surface area (Å²) >= 11 is 0. The zero-order valence-electron chi connectivity index (χ0n) is 14.6. The van der Waals surface area contributed by atoms with Gasteiger partial charge in [0.2, 0.25) is 0 Å². The molecule has 0 saturated heterocycles. The van der Waals surface area contributed by atoms with E-state index in [4.69, 9.17) is 0 Å². The van der Waals surface area contributed by atoms with E-state index in [1.165, 1.54) is 11.1 Å². The van der Waals surface area contributed by atoms with E-state index in [9.17, 15) is 4.79 Å². The number of nitrogens with one attached hydrogen (secondary N) is 2. The van der Waals surface area contributed by atoms with Crippen molar-refractivity contribution < 1.29 is 4.79 Å². The number of pyridine rings is 1. The van der Waals surface area contributed by atoms with Crippen LogP contribution in [0.15, 0.2) is 12.4 Å². The molecule has 2 N–H and O–H groups in total. The lowest BCUT2D eigenvalue weighted by atomic mass is 9.96. The highest BCUT2D eigenvalue weighted by Gasteiger charge is 2.18. The standard InChI is InChI=1S/C18H25N5O/c1-4-7-23-13(3)17(11-22-23)18(24)21-10-16-12(2)20-9-14-8-19-6-5-15(14)16/h9,11,19H,4-8,10H2,1-3H3,(H,21,24). The molecule has 1 amide bonds. The van der Waals surface area contributed by atoms with Gasteiger partial charge >= 0.3 is 0 Å². The molecule has 6 nitrogen and oxygen atoms in total.